The van der Waals surface area contributed by atoms with Crippen LogP contribution in [0.5, 0.6) is 0 Å². The zero-order valence-electron chi connectivity index (χ0n) is 16.4. The second-order valence-corrected chi connectivity index (χ2v) is 8.57. The number of aryl methyl sites for hydroxylation is 1. The van der Waals surface area contributed by atoms with Gasteiger partial charge in [-0.25, -0.2) is 4.98 Å². The monoisotopic (exact) mass is 411 g/mol. The summed E-state index contributed by atoms with van der Waals surface area (Å²) in [5, 5.41) is 15.2. The van der Waals surface area contributed by atoms with Crippen molar-refractivity contribution in [2.24, 2.45) is 0 Å². The van der Waals surface area contributed by atoms with E-state index in [2.05, 4.69) is 11.4 Å². The maximum Gasteiger partial charge on any atom is 0.293 e. The molecular weight excluding hydrogens is 388 g/mol. The highest BCUT2D eigenvalue weighted by Gasteiger charge is 2.34. The van der Waals surface area contributed by atoms with Crippen molar-refractivity contribution in [1.82, 2.24) is 4.98 Å². The third-order valence-electron chi connectivity index (χ3n) is 5.65. The van der Waals surface area contributed by atoms with Gasteiger partial charge in [0.2, 0.25) is 0 Å². The Hall–Kier alpha value is -2.84. The molecule has 150 valence electrons. The summed E-state index contributed by atoms with van der Waals surface area (Å²) in [5.41, 5.74) is 2.86. The number of quaternary nitrogens is 1. The number of nitrogens with one attached hydrogen (secondary N) is 2. The van der Waals surface area contributed by atoms with E-state index in [0.717, 1.165) is 50.6 Å². The summed E-state index contributed by atoms with van der Waals surface area (Å²) in [7, 11) is 0. The van der Waals surface area contributed by atoms with Crippen molar-refractivity contribution in [3.63, 3.8) is 0 Å². The molecule has 0 saturated carbocycles. The van der Waals surface area contributed by atoms with Crippen LogP contribution in [0.4, 0.5) is 11.4 Å². The van der Waals surface area contributed by atoms with Crippen molar-refractivity contribution in [2.75, 3.05) is 18.4 Å². The minimum Gasteiger partial charge on any atom is -0.319 e. The molecule has 3 aromatic rings. The van der Waals surface area contributed by atoms with Crippen molar-refractivity contribution in [1.29, 1.82) is 0 Å². The van der Waals surface area contributed by atoms with E-state index in [-0.39, 0.29) is 24.2 Å². The number of aromatic nitrogens is 1. The van der Waals surface area contributed by atoms with Gasteiger partial charge in [0.25, 0.3) is 11.6 Å². The first-order chi connectivity index (χ1) is 13.9. The van der Waals surface area contributed by atoms with Gasteiger partial charge in [-0.05, 0) is 37.1 Å². The van der Waals surface area contributed by atoms with Crippen LogP contribution in [0.3, 0.4) is 0 Å². The Labute approximate surface area is 172 Å². The minimum absolute atomic E-state index is 0.0689. The number of anilines is 1. The van der Waals surface area contributed by atoms with E-state index < -0.39 is 4.92 Å². The Bertz CT molecular complexity index is 1060. The molecule has 0 bridgehead atoms. The third kappa shape index (κ3) is 3.86. The topological polar surface area (TPSA) is 89.6 Å². The molecule has 2 heterocycles. The van der Waals surface area contributed by atoms with Crippen LogP contribution >= 0.6 is 11.3 Å². The van der Waals surface area contributed by atoms with Crippen molar-refractivity contribution in [2.45, 2.75) is 32.7 Å². The van der Waals surface area contributed by atoms with Crippen LogP contribution in [-0.2, 0) is 4.79 Å². The van der Waals surface area contributed by atoms with Gasteiger partial charge < -0.3 is 10.2 Å². The predicted molar refractivity (Wildman–Crippen MR) is 113 cm³/mol. The number of nitro groups is 1. The SMILES string of the molecule is Cc1ccc([N+](=O)[O-])c(NC(=O)C[NH+]2CCC[C@H]2c2nc3ccccc3s2)c1C. The number of fused-ring (bicyclic) bond motifs is 1. The number of thiazole rings is 1. The Morgan fingerprint density at radius 1 is 1.31 bits per heavy atom. The smallest absolute Gasteiger partial charge is 0.293 e. The maximum absolute atomic E-state index is 12.8. The number of hydrogen-bond acceptors (Lipinski definition) is 5. The van der Waals surface area contributed by atoms with Gasteiger partial charge in [-0.3, -0.25) is 14.9 Å². The Morgan fingerprint density at radius 3 is 2.86 bits per heavy atom. The Morgan fingerprint density at radius 2 is 2.10 bits per heavy atom. The second kappa shape index (κ2) is 7.88. The molecule has 1 aliphatic heterocycles. The molecule has 7 nitrogen and oxygen atoms in total. The number of amides is 1. The van der Waals surface area contributed by atoms with E-state index in [1.807, 2.05) is 25.1 Å². The molecule has 2 atom stereocenters. The molecule has 1 fully saturated rings. The first-order valence-corrected chi connectivity index (χ1v) is 10.5. The quantitative estimate of drug-likeness (QED) is 0.498. The van der Waals surface area contributed by atoms with Crippen LogP contribution in [0.1, 0.15) is 35.0 Å². The molecule has 1 aromatic heterocycles. The standard InChI is InChI=1S/C21H22N4O3S/c1-13-9-10-16(25(27)28)20(14(13)2)23-19(26)12-24-11-5-7-17(24)21-22-15-6-3-4-8-18(15)29-21/h3-4,6,8-10,17H,5,7,11-12H2,1-2H3,(H,23,26)/p+1/t17-/m0/s1. The summed E-state index contributed by atoms with van der Waals surface area (Å²) >= 11 is 1.69. The van der Waals surface area contributed by atoms with Crippen molar-refractivity contribution in [3.8, 4) is 0 Å². The summed E-state index contributed by atoms with van der Waals surface area (Å²) in [4.78, 5) is 29.6. The van der Waals surface area contributed by atoms with Crippen LogP contribution in [0.25, 0.3) is 10.2 Å². The number of nitro benzene ring substituents is 1. The van der Waals surface area contributed by atoms with Gasteiger partial charge in [-0.1, -0.05) is 18.2 Å². The normalized spacial score (nSPS) is 18.8. The molecule has 0 spiro atoms. The minimum atomic E-state index is -0.450. The lowest BCUT2D eigenvalue weighted by molar-refractivity contribution is -0.910. The molecule has 1 aliphatic rings. The van der Waals surface area contributed by atoms with Gasteiger partial charge in [-0.15, -0.1) is 11.3 Å². The first kappa shape index (κ1) is 19.5. The average molecular weight is 412 g/mol. The Kier molecular flexibility index (Phi) is 5.29. The lowest BCUT2D eigenvalue weighted by atomic mass is 10.1. The molecule has 4 rings (SSSR count). The number of benzene rings is 2. The van der Waals surface area contributed by atoms with E-state index in [1.165, 1.54) is 6.07 Å². The van der Waals surface area contributed by atoms with Gasteiger partial charge in [0.15, 0.2) is 11.6 Å². The zero-order chi connectivity index (χ0) is 20.5. The molecular formula is C21H23N4O3S+. The molecule has 8 heteroatoms. The van der Waals surface area contributed by atoms with Gasteiger partial charge in [0.1, 0.15) is 11.7 Å². The van der Waals surface area contributed by atoms with Crippen LogP contribution in [0, 0.1) is 24.0 Å². The number of nitrogens with zero attached hydrogens (tertiary/aromatic N) is 2. The summed E-state index contributed by atoms with van der Waals surface area (Å²) in [6.07, 6.45) is 2.03. The molecule has 1 amide bonds. The number of para-hydroxylation sites is 1. The number of carbonyl (C=O) groups is 1. The van der Waals surface area contributed by atoms with E-state index in [4.69, 9.17) is 4.98 Å². The van der Waals surface area contributed by atoms with Gasteiger partial charge in [-0.2, -0.15) is 0 Å². The molecule has 0 radical (unpaired) electrons. The van der Waals surface area contributed by atoms with E-state index >= 15 is 0 Å². The predicted octanol–water partition coefficient (Wildman–Crippen LogP) is 3.18. The van der Waals surface area contributed by atoms with Crippen molar-refractivity contribution < 1.29 is 14.6 Å². The summed E-state index contributed by atoms with van der Waals surface area (Å²) in [6.45, 7) is 4.84. The second-order valence-electron chi connectivity index (χ2n) is 7.51. The van der Waals surface area contributed by atoms with Crippen molar-refractivity contribution in [3.05, 3.63) is 62.6 Å². The van der Waals surface area contributed by atoms with E-state index in [1.54, 1.807) is 24.3 Å². The highest BCUT2D eigenvalue weighted by molar-refractivity contribution is 7.18. The summed E-state index contributed by atoms with van der Waals surface area (Å²) in [6, 6.07) is 11.4. The van der Waals surface area contributed by atoms with E-state index in [9.17, 15) is 14.9 Å². The fourth-order valence-electron chi connectivity index (χ4n) is 3.96. The third-order valence-corrected chi connectivity index (χ3v) is 6.80. The molecule has 1 unspecified atom stereocenters. The number of hydrogen-bond donors (Lipinski definition) is 2. The van der Waals surface area contributed by atoms with Crippen LogP contribution in [0.2, 0.25) is 0 Å². The molecule has 2 aromatic carbocycles. The van der Waals surface area contributed by atoms with Crippen LogP contribution in [-0.4, -0.2) is 28.9 Å². The summed E-state index contributed by atoms with van der Waals surface area (Å²) < 4.78 is 1.16. The fourth-order valence-corrected chi connectivity index (χ4v) is 5.12. The first-order valence-electron chi connectivity index (χ1n) is 9.68. The number of rotatable bonds is 5. The highest BCUT2D eigenvalue weighted by Crippen LogP contribution is 2.31. The van der Waals surface area contributed by atoms with Gasteiger partial charge >= 0.3 is 0 Å². The average Bonchev–Trinajstić information content (AvgIpc) is 3.31. The van der Waals surface area contributed by atoms with Crippen LogP contribution < -0.4 is 10.2 Å². The highest BCUT2D eigenvalue weighted by atomic mass is 32.1. The molecule has 0 aliphatic carbocycles. The molecule has 29 heavy (non-hydrogen) atoms. The van der Waals surface area contributed by atoms with Crippen molar-refractivity contribution >= 4 is 38.8 Å². The molecule has 1 saturated heterocycles. The number of carbonyl (C=O) groups excluding carboxylic acids is 1. The summed E-state index contributed by atoms with van der Waals surface area (Å²) in [5.74, 6) is -0.204. The van der Waals surface area contributed by atoms with Gasteiger partial charge in [0, 0.05) is 18.9 Å². The fraction of sp³-hybridized carbons (Fsp3) is 0.333. The van der Waals surface area contributed by atoms with E-state index in [0.29, 0.717) is 5.69 Å². The number of likely N-dealkylation sites (tertiary alicyclic amines) is 1. The van der Waals surface area contributed by atoms with Crippen LogP contribution in [0.15, 0.2) is 36.4 Å². The maximum atomic E-state index is 12.8. The molecule has 2 N–H and O–H groups in total. The van der Waals surface area contributed by atoms with Gasteiger partial charge in [0.05, 0.1) is 21.7 Å². The largest absolute Gasteiger partial charge is 0.319 e. The Balaban J connectivity index is 1.52. The lowest BCUT2D eigenvalue weighted by Gasteiger charge is -2.19. The lowest BCUT2D eigenvalue weighted by Crippen LogP contribution is -3.11. The zero-order valence-corrected chi connectivity index (χ0v) is 17.2.